The fraction of sp³-hybridized carbons (Fsp3) is 0.955. The second kappa shape index (κ2) is 80.3. The molecule has 108 heavy (non-hydrogen) atoms. The van der Waals surface area contributed by atoms with Crippen molar-refractivity contribution in [2.45, 2.75) is 496 Å². The van der Waals surface area contributed by atoms with Gasteiger partial charge in [-0.15, -0.1) is 0 Å². The number of phosphoric ester groups is 2. The Kier molecular flexibility index (Phi) is 78.8. The lowest BCUT2D eigenvalue weighted by Gasteiger charge is -2.21. The lowest BCUT2D eigenvalue weighted by atomic mass is 9.99. The maximum Gasteiger partial charge on any atom is 0.472 e. The molecule has 0 fully saturated rings. The molecule has 0 aromatic carbocycles. The minimum absolute atomic E-state index is 0.107. The molecule has 6 atom stereocenters. The summed E-state index contributed by atoms with van der Waals surface area (Å²) in [5.41, 5.74) is 0. The van der Waals surface area contributed by atoms with E-state index in [1.165, 1.54) is 295 Å². The zero-order chi connectivity index (χ0) is 79.2. The highest BCUT2D eigenvalue weighted by atomic mass is 31.2. The van der Waals surface area contributed by atoms with E-state index in [4.69, 9.17) is 37.0 Å². The van der Waals surface area contributed by atoms with Gasteiger partial charge in [-0.3, -0.25) is 37.3 Å². The van der Waals surface area contributed by atoms with Crippen molar-refractivity contribution in [3.8, 4) is 0 Å². The Hall–Kier alpha value is -1.94. The van der Waals surface area contributed by atoms with E-state index in [0.717, 1.165) is 102 Å². The van der Waals surface area contributed by atoms with Gasteiger partial charge in [0.2, 0.25) is 0 Å². The Morgan fingerprint density at radius 1 is 0.269 bits per heavy atom. The van der Waals surface area contributed by atoms with Crippen LogP contribution in [0.1, 0.15) is 478 Å². The molecule has 0 rings (SSSR count). The number of phosphoric acid groups is 2. The summed E-state index contributed by atoms with van der Waals surface area (Å²) in [5, 5.41) is 10.7. The summed E-state index contributed by atoms with van der Waals surface area (Å²) in [7, 11) is -9.93. The third kappa shape index (κ3) is 80.7. The third-order valence-corrected chi connectivity index (χ3v) is 23.2. The molecule has 3 unspecified atom stereocenters. The number of aliphatic hydroxyl groups is 1. The molecule has 0 bridgehead atoms. The third-order valence-electron chi connectivity index (χ3n) is 21.3. The smallest absolute Gasteiger partial charge is 0.462 e. The van der Waals surface area contributed by atoms with Gasteiger partial charge < -0.3 is 33.8 Å². The average molecular weight is 1580 g/mol. The summed E-state index contributed by atoms with van der Waals surface area (Å²) in [6, 6.07) is 0. The molecule has 19 heteroatoms. The molecule has 0 saturated heterocycles. The predicted octanol–water partition coefficient (Wildman–Crippen LogP) is 27.4. The summed E-state index contributed by atoms with van der Waals surface area (Å²) >= 11 is 0. The first kappa shape index (κ1) is 106. The zero-order valence-electron chi connectivity index (χ0n) is 71.2. The van der Waals surface area contributed by atoms with E-state index in [2.05, 4.69) is 41.5 Å². The van der Waals surface area contributed by atoms with Crippen molar-refractivity contribution in [3.63, 3.8) is 0 Å². The number of unbranched alkanes of at least 4 members (excludes halogenated alkanes) is 57. The SMILES string of the molecule is CCCCCCCCCCCCCCCCCCCCCCCCC(=O)OC[C@H](COP(=O)(O)OC[C@@H](O)COP(=O)(O)OC[C@@H](COC(=O)CCCCCCCCCCCC)OC(=O)CCCCCCCCCCCCCC(C)C)OC(=O)CCCCCCCCCCCCCCCCCCCCC(C)CC. The van der Waals surface area contributed by atoms with Crippen LogP contribution in [-0.2, 0) is 65.4 Å². The van der Waals surface area contributed by atoms with Gasteiger partial charge in [-0.2, -0.15) is 0 Å². The van der Waals surface area contributed by atoms with Crippen LogP contribution < -0.4 is 0 Å². The molecule has 17 nitrogen and oxygen atoms in total. The van der Waals surface area contributed by atoms with Crippen LogP contribution >= 0.6 is 15.6 Å². The van der Waals surface area contributed by atoms with Crippen LogP contribution in [0.3, 0.4) is 0 Å². The van der Waals surface area contributed by atoms with Crippen molar-refractivity contribution in [1.29, 1.82) is 0 Å². The highest BCUT2D eigenvalue weighted by Crippen LogP contribution is 2.45. The number of hydrogen-bond acceptors (Lipinski definition) is 15. The van der Waals surface area contributed by atoms with Crippen LogP contribution in [0, 0.1) is 11.8 Å². The van der Waals surface area contributed by atoms with E-state index in [1.54, 1.807) is 0 Å². The monoisotopic (exact) mass is 1580 g/mol. The standard InChI is InChI=1S/C89H174O17P2/c1-7-10-12-14-16-18-20-21-22-23-24-25-26-27-31-34-37-42-48-54-60-66-72-87(92)100-78-85(105-88(93)73-67-61-55-49-43-38-35-32-29-28-30-33-36-41-46-52-58-64-70-82(6)9-3)80-104-108(97,98)102-76-83(90)75-101-107(95,96)103-79-84(77-99-86(91)71-65-59-53-47-19-17-15-13-11-8-2)106-89(94)74-68-62-56-50-44-39-40-45-51-57-63-69-81(4)5/h81-85,90H,7-80H2,1-6H3,(H,95,96)(H,97,98)/t82?,83-,84+,85+/m0/s1. The Labute approximate surface area is 664 Å². The van der Waals surface area contributed by atoms with E-state index in [1.807, 2.05) is 0 Å². The van der Waals surface area contributed by atoms with Crippen molar-refractivity contribution in [3.05, 3.63) is 0 Å². The van der Waals surface area contributed by atoms with Gasteiger partial charge in [0.15, 0.2) is 12.2 Å². The second-order valence-electron chi connectivity index (χ2n) is 32.7. The summed E-state index contributed by atoms with van der Waals surface area (Å²) in [6.45, 7) is 9.74. The summed E-state index contributed by atoms with van der Waals surface area (Å²) < 4.78 is 68.9. The quantitative estimate of drug-likeness (QED) is 0.0222. The zero-order valence-corrected chi connectivity index (χ0v) is 73.0. The molecule has 0 amide bonds. The minimum Gasteiger partial charge on any atom is -0.462 e. The van der Waals surface area contributed by atoms with Gasteiger partial charge in [-0.05, 0) is 37.5 Å². The van der Waals surface area contributed by atoms with Crippen LogP contribution in [0.5, 0.6) is 0 Å². The van der Waals surface area contributed by atoms with Crippen LogP contribution in [-0.4, -0.2) is 96.7 Å². The molecule has 0 aliphatic heterocycles. The Balaban J connectivity index is 5.20. The average Bonchev–Trinajstić information content (AvgIpc) is 0.898. The molecular formula is C89H174O17P2. The number of carbonyl (C=O) groups is 4. The first-order valence-electron chi connectivity index (χ1n) is 46.0. The van der Waals surface area contributed by atoms with Crippen molar-refractivity contribution >= 4 is 39.5 Å². The minimum atomic E-state index is -4.97. The first-order valence-corrected chi connectivity index (χ1v) is 49.0. The molecule has 0 spiro atoms. The summed E-state index contributed by atoms with van der Waals surface area (Å²) in [4.78, 5) is 73.3. The molecule has 0 aliphatic carbocycles. The predicted molar refractivity (Wildman–Crippen MR) is 446 cm³/mol. The maximum atomic E-state index is 13.2. The molecule has 0 radical (unpaired) electrons. The highest BCUT2D eigenvalue weighted by Gasteiger charge is 2.31. The van der Waals surface area contributed by atoms with Crippen molar-refractivity contribution in [2.75, 3.05) is 39.6 Å². The van der Waals surface area contributed by atoms with Gasteiger partial charge in [0.05, 0.1) is 26.4 Å². The van der Waals surface area contributed by atoms with Gasteiger partial charge in [-0.1, -0.05) is 427 Å². The van der Waals surface area contributed by atoms with Gasteiger partial charge >= 0.3 is 39.5 Å². The van der Waals surface area contributed by atoms with E-state index >= 15 is 0 Å². The van der Waals surface area contributed by atoms with E-state index in [-0.39, 0.29) is 25.7 Å². The van der Waals surface area contributed by atoms with Gasteiger partial charge in [0.25, 0.3) is 0 Å². The number of hydrogen-bond donors (Lipinski definition) is 3. The van der Waals surface area contributed by atoms with Crippen LogP contribution in [0.25, 0.3) is 0 Å². The molecule has 0 aromatic heterocycles. The first-order chi connectivity index (χ1) is 52.4. The fourth-order valence-corrected chi connectivity index (χ4v) is 15.5. The van der Waals surface area contributed by atoms with Gasteiger partial charge in [0.1, 0.15) is 19.3 Å². The molecular weight excluding hydrogens is 1400 g/mol. The number of rotatable bonds is 88. The normalized spacial score (nSPS) is 14.0. The lowest BCUT2D eigenvalue weighted by Crippen LogP contribution is -2.30. The molecule has 0 saturated carbocycles. The summed E-state index contributed by atoms with van der Waals surface area (Å²) in [6.07, 6.45) is 73.7. The van der Waals surface area contributed by atoms with Gasteiger partial charge in [-0.25, -0.2) is 9.13 Å². The number of ether oxygens (including phenoxy) is 4. The Morgan fingerprint density at radius 2 is 0.472 bits per heavy atom. The molecule has 0 aromatic rings. The maximum absolute atomic E-state index is 13.2. The van der Waals surface area contributed by atoms with Crippen LogP contribution in [0.2, 0.25) is 0 Å². The van der Waals surface area contributed by atoms with E-state index in [0.29, 0.717) is 25.7 Å². The number of aliphatic hydroxyl groups excluding tert-OH is 1. The topological polar surface area (TPSA) is 237 Å². The lowest BCUT2D eigenvalue weighted by molar-refractivity contribution is -0.161. The Morgan fingerprint density at radius 3 is 0.704 bits per heavy atom. The van der Waals surface area contributed by atoms with Gasteiger partial charge in [0, 0.05) is 25.7 Å². The molecule has 3 N–H and O–H groups in total. The van der Waals surface area contributed by atoms with Crippen molar-refractivity contribution in [1.82, 2.24) is 0 Å². The fourth-order valence-electron chi connectivity index (χ4n) is 13.9. The molecule has 0 aliphatic rings. The highest BCUT2D eigenvalue weighted by molar-refractivity contribution is 7.47. The van der Waals surface area contributed by atoms with Crippen molar-refractivity contribution in [2.24, 2.45) is 11.8 Å². The summed E-state index contributed by atoms with van der Waals surface area (Å²) in [5.74, 6) is -0.464. The van der Waals surface area contributed by atoms with Crippen molar-refractivity contribution < 1.29 is 80.2 Å². The van der Waals surface area contributed by atoms with Crippen LogP contribution in [0.4, 0.5) is 0 Å². The molecule has 642 valence electrons. The largest absolute Gasteiger partial charge is 0.472 e. The molecule has 0 heterocycles. The number of carbonyl (C=O) groups excluding carboxylic acids is 4. The second-order valence-corrected chi connectivity index (χ2v) is 35.6. The van der Waals surface area contributed by atoms with Crippen LogP contribution in [0.15, 0.2) is 0 Å². The Bertz CT molecular complexity index is 2070. The van der Waals surface area contributed by atoms with E-state index < -0.39 is 97.5 Å². The van der Waals surface area contributed by atoms with E-state index in [9.17, 15) is 43.2 Å². The number of esters is 4.